The van der Waals surface area contributed by atoms with Crippen LogP contribution in [0.25, 0.3) is 0 Å². The number of urea groups is 1. The molecule has 1 aromatic rings. The van der Waals surface area contributed by atoms with Gasteiger partial charge in [-0.25, -0.2) is 4.79 Å². The Hall–Kier alpha value is -1.01. The van der Waals surface area contributed by atoms with Gasteiger partial charge in [0.25, 0.3) is 0 Å². The molecule has 0 unspecified atom stereocenters. The Morgan fingerprint density at radius 1 is 1.19 bits per heavy atom. The van der Waals surface area contributed by atoms with Crippen molar-refractivity contribution in [2.45, 2.75) is 6.04 Å². The maximum absolute atomic E-state index is 12.3. The van der Waals surface area contributed by atoms with Gasteiger partial charge in [0.1, 0.15) is 0 Å². The molecule has 0 saturated carbocycles. The van der Waals surface area contributed by atoms with E-state index >= 15 is 0 Å². The molecule has 7 heteroatoms. The van der Waals surface area contributed by atoms with Crippen molar-refractivity contribution in [3.05, 3.63) is 28.2 Å². The lowest BCUT2D eigenvalue weighted by atomic mass is 10.1. The van der Waals surface area contributed by atoms with E-state index in [-0.39, 0.29) is 6.03 Å². The number of carbonyl (C=O) groups excluding carboxylic acids is 1. The van der Waals surface area contributed by atoms with Gasteiger partial charge in [-0.2, -0.15) is 0 Å². The highest BCUT2D eigenvalue weighted by Gasteiger charge is 2.29. The van der Waals surface area contributed by atoms with E-state index in [2.05, 4.69) is 15.5 Å². The topological polar surface area (TPSA) is 47.6 Å². The molecule has 2 saturated heterocycles. The zero-order valence-corrected chi connectivity index (χ0v) is 13.1. The van der Waals surface area contributed by atoms with Gasteiger partial charge in [0, 0.05) is 50.3 Å². The molecule has 0 aromatic heterocycles. The molecule has 2 N–H and O–H groups in total. The Bertz CT molecular complexity index is 528. The molecule has 1 aromatic carbocycles. The average Bonchev–Trinajstić information content (AvgIpc) is 2.42. The van der Waals surface area contributed by atoms with Crippen molar-refractivity contribution in [3.8, 4) is 0 Å². The highest BCUT2D eigenvalue weighted by atomic mass is 35.5. The second-order valence-electron chi connectivity index (χ2n) is 5.39. The minimum absolute atomic E-state index is 0.120. The smallest absolute Gasteiger partial charge is 0.321 e. The molecule has 2 amide bonds. The summed E-state index contributed by atoms with van der Waals surface area (Å²) in [7, 11) is 0. The number of nitrogens with zero attached hydrogens (tertiary/aromatic N) is 2. The minimum Gasteiger partial charge on any atom is -0.322 e. The van der Waals surface area contributed by atoms with Crippen LogP contribution in [-0.4, -0.2) is 61.1 Å². The van der Waals surface area contributed by atoms with Gasteiger partial charge in [-0.05, 0) is 18.2 Å². The molecule has 5 nitrogen and oxygen atoms in total. The van der Waals surface area contributed by atoms with E-state index in [0.29, 0.717) is 21.8 Å². The fourth-order valence-corrected chi connectivity index (χ4v) is 2.95. The molecule has 3 rings (SSSR count). The standard InChI is InChI=1S/C14H18Cl2N4O/c15-10-1-2-12(16)13(7-10)18-14(21)20-5-3-19(4-6-20)11-8-17-9-11/h1-2,7,11,17H,3-6,8-9H2,(H,18,21). The van der Waals surface area contributed by atoms with Crippen molar-refractivity contribution < 1.29 is 4.79 Å². The van der Waals surface area contributed by atoms with E-state index in [4.69, 9.17) is 23.2 Å². The highest BCUT2D eigenvalue weighted by Crippen LogP contribution is 2.25. The number of anilines is 1. The zero-order valence-electron chi connectivity index (χ0n) is 11.6. The first-order valence-electron chi connectivity index (χ1n) is 7.09. The molecule has 0 spiro atoms. The lowest BCUT2D eigenvalue weighted by molar-refractivity contribution is 0.0878. The molecular formula is C14H18Cl2N4O. The Morgan fingerprint density at radius 2 is 1.90 bits per heavy atom. The van der Waals surface area contributed by atoms with E-state index in [1.807, 2.05) is 4.90 Å². The molecule has 2 fully saturated rings. The summed E-state index contributed by atoms with van der Waals surface area (Å²) in [6.07, 6.45) is 0. The van der Waals surface area contributed by atoms with Gasteiger partial charge >= 0.3 is 6.03 Å². The normalized spacial score (nSPS) is 20.2. The molecular weight excluding hydrogens is 311 g/mol. The maximum atomic E-state index is 12.3. The number of piperazine rings is 1. The Labute approximate surface area is 134 Å². The molecule has 0 radical (unpaired) electrons. The van der Waals surface area contributed by atoms with Gasteiger partial charge in [0.15, 0.2) is 0 Å². The second kappa shape index (κ2) is 6.40. The third kappa shape index (κ3) is 3.43. The van der Waals surface area contributed by atoms with E-state index < -0.39 is 0 Å². The van der Waals surface area contributed by atoms with Gasteiger partial charge in [0.05, 0.1) is 10.7 Å². The van der Waals surface area contributed by atoms with Crippen LogP contribution >= 0.6 is 23.2 Å². The van der Waals surface area contributed by atoms with Crippen LogP contribution < -0.4 is 10.6 Å². The molecule has 21 heavy (non-hydrogen) atoms. The SMILES string of the molecule is O=C(Nc1cc(Cl)ccc1Cl)N1CCN(C2CNC2)CC1. The van der Waals surface area contributed by atoms with E-state index in [1.165, 1.54) is 0 Å². The van der Waals surface area contributed by atoms with Crippen molar-refractivity contribution in [2.75, 3.05) is 44.6 Å². The summed E-state index contributed by atoms with van der Waals surface area (Å²) >= 11 is 12.0. The number of rotatable bonds is 2. The summed E-state index contributed by atoms with van der Waals surface area (Å²) in [6, 6.07) is 5.56. The van der Waals surface area contributed by atoms with Crippen LogP contribution in [0.5, 0.6) is 0 Å². The molecule has 0 aliphatic carbocycles. The van der Waals surface area contributed by atoms with Crippen LogP contribution in [0.2, 0.25) is 10.0 Å². The number of nitrogens with one attached hydrogen (secondary N) is 2. The summed E-state index contributed by atoms with van der Waals surface area (Å²) in [6.45, 7) is 5.43. The minimum atomic E-state index is -0.120. The number of hydrogen-bond donors (Lipinski definition) is 2. The third-order valence-corrected chi connectivity index (χ3v) is 4.61. The first-order chi connectivity index (χ1) is 10.1. The molecule has 2 aliphatic rings. The van der Waals surface area contributed by atoms with Crippen molar-refractivity contribution in [1.29, 1.82) is 0 Å². The van der Waals surface area contributed by atoms with Gasteiger partial charge < -0.3 is 15.5 Å². The number of carbonyl (C=O) groups is 1. The van der Waals surface area contributed by atoms with Crippen LogP contribution in [0.3, 0.4) is 0 Å². The van der Waals surface area contributed by atoms with Gasteiger partial charge in [0.2, 0.25) is 0 Å². The second-order valence-corrected chi connectivity index (χ2v) is 6.23. The van der Waals surface area contributed by atoms with Crippen LogP contribution in [0.1, 0.15) is 0 Å². The van der Waals surface area contributed by atoms with Crippen LogP contribution in [0.15, 0.2) is 18.2 Å². The molecule has 2 heterocycles. The third-order valence-electron chi connectivity index (χ3n) is 4.05. The van der Waals surface area contributed by atoms with Gasteiger partial charge in [-0.15, -0.1) is 0 Å². The Balaban J connectivity index is 1.55. The fourth-order valence-electron chi connectivity index (χ4n) is 2.61. The number of halogens is 2. The molecule has 0 bridgehead atoms. The Morgan fingerprint density at radius 3 is 2.52 bits per heavy atom. The molecule has 114 valence electrons. The van der Waals surface area contributed by atoms with Crippen molar-refractivity contribution in [2.24, 2.45) is 0 Å². The van der Waals surface area contributed by atoms with Crippen LogP contribution in [0.4, 0.5) is 10.5 Å². The molecule has 2 aliphatic heterocycles. The van der Waals surface area contributed by atoms with Crippen LogP contribution in [0, 0.1) is 0 Å². The highest BCUT2D eigenvalue weighted by molar-refractivity contribution is 6.35. The quantitative estimate of drug-likeness (QED) is 0.874. The van der Waals surface area contributed by atoms with E-state index in [1.54, 1.807) is 18.2 Å². The fraction of sp³-hybridized carbons (Fsp3) is 0.500. The predicted molar refractivity (Wildman–Crippen MR) is 85.3 cm³/mol. The monoisotopic (exact) mass is 328 g/mol. The summed E-state index contributed by atoms with van der Waals surface area (Å²) in [5.41, 5.74) is 0.555. The first-order valence-corrected chi connectivity index (χ1v) is 7.85. The van der Waals surface area contributed by atoms with Crippen molar-refractivity contribution >= 4 is 34.9 Å². The van der Waals surface area contributed by atoms with Crippen molar-refractivity contribution in [1.82, 2.24) is 15.1 Å². The summed E-state index contributed by atoms with van der Waals surface area (Å²) < 4.78 is 0. The first kappa shape index (κ1) is 14.9. The summed E-state index contributed by atoms with van der Waals surface area (Å²) in [4.78, 5) is 16.5. The molecule has 0 atom stereocenters. The Kier molecular flexibility index (Phi) is 4.54. The van der Waals surface area contributed by atoms with Crippen molar-refractivity contribution in [3.63, 3.8) is 0 Å². The van der Waals surface area contributed by atoms with E-state index in [0.717, 1.165) is 39.3 Å². The zero-order chi connectivity index (χ0) is 14.8. The van der Waals surface area contributed by atoms with Gasteiger partial charge in [-0.1, -0.05) is 23.2 Å². The average molecular weight is 329 g/mol. The summed E-state index contributed by atoms with van der Waals surface area (Å²) in [5, 5.41) is 7.15. The predicted octanol–water partition coefficient (Wildman–Crippen LogP) is 2.11. The number of benzene rings is 1. The largest absolute Gasteiger partial charge is 0.322 e. The lowest BCUT2D eigenvalue weighted by Gasteiger charge is -2.43. The van der Waals surface area contributed by atoms with Gasteiger partial charge in [-0.3, -0.25) is 4.90 Å². The number of hydrogen-bond acceptors (Lipinski definition) is 3. The number of amides is 2. The van der Waals surface area contributed by atoms with Crippen LogP contribution in [-0.2, 0) is 0 Å². The summed E-state index contributed by atoms with van der Waals surface area (Å²) in [5.74, 6) is 0. The lowest BCUT2D eigenvalue weighted by Crippen LogP contribution is -2.62. The maximum Gasteiger partial charge on any atom is 0.321 e. The van der Waals surface area contributed by atoms with E-state index in [9.17, 15) is 4.79 Å².